The Balaban J connectivity index is 1.72. The number of carbonyl (C=O) groups excluding carboxylic acids is 1. The first kappa shape index (κ1) is 11.4. The van der Waals surface area contributed by atoms with Crippen LogP contribution in [0.3, 0.4) is 0 Å². The Morgan fingerprint density at radius 2 is 2.27 bits per heavy atom. The molecule has 4 unspecified atom stereocenters. The molecule has 15 heavy (non-hydrogen) atoms. The first-order valence-electron chi connectivity index (χ1n) is 6.08. The molecule has 0 aromatic heterocycles. The lowest BCUT2D eigenvalue weighted by Gasteiger charge is -2.20. The fraction of sp³-hybridized carbons (Fsp3) is 0.917. The van der Waals surface area contributed by atoms with E-state index in [0.717, 1.165) is 25.3 Å². The zero-order valence-electron chi connectivity index (χ0n) is 9.34. The minimum absolute atomic E-state index is 0.315. The average molecular weight is 274 g/mol. The topological polar surface area (TPSA) is 29.1 Å². The van der Waals surface area contributed by atoms with Crippen LogP contribution in [0.5, 0.6) is 0 Å². The molecule has 0 aromatic rings. The van der Waals surface area contributed by atoms with Crippen molar-refractivity contribution in [3.05, 3.63) is 0 Å². The number of nitrogens with one attached hydrogen (secondary N) is 1. The van der Waals surface area contributed by atoms with E-state index in [1.807, 2.05) is 0 Å². The zero-order chi connectivity index (χ0) is 10.8. The molecule has 2 fully saturated rings. The monoisotopic (exact) mass is 273 g/mol. The largest absolute Gasteiger partial charge is 0.356 e. The first-order chi connectivity index (χ1) is 7.16. The zero-order valence-corrected chi connectivity index (χ0v) is 10.9. The van der Waals surface area contributed by atoms with E-state index in [1.165, 1.54) is 19.3 Å². The number of alkyl halides is 1. The Labute approximate surface area is 100 Å². The number of amides is 1. The molecule has 0 spiro atoms. The summed E-state index contributed by atoms with van der Waals surface area (Å²) in [5, 5.41) is 3.07. The maximum atomic E-state index is 11.9. The molecule has 3 heteroatoms. The lowest BCUT2D eigenvalue weighted by Crippen LogP contribution is -2.34. The van der Waals surface area contributed by atoms with Gasteiger partial charge in [-0.25, -0.2) is 0 Å². The number of carbonyl (C=O) groups is 1. The van der Waals surface area contributed by atoms with Gasteiger partial charge in [-0.3, -0.25) is 4.79 Å². The van der Waals surface area contributed by atoms with Gasteiger partial charge in [0.2, 0.25) is 5.91 Å². The second-order valence-electron chi connectivity index (χ2n) is 5.14. The molecule has 2 aliphatic rings. The van der Waals surface area contributed by atoms with Crippen molar-refractivity contribution in [1.29, 1.82) is 0 Å². The molecule has 1 amide bonds. The van der Waals surface area contributed by atoms with Crippen LogP contribution in [0.1, 0.15) is 39.0 Å². The van der Waals surface area contributed by atoms with Gasteiger partial charge < -0.3 is 5.32 Å². The maximum Gasteiger partial charge on any atom is 0.223 e. The number of fused-ring (bicyclic) bond motifs is 2. The van der Waals surface area contributed by atoms with E-state index in [2.05, 4.69) is 28.2 Å². The Kier molecular flexibility index (Phi) is 3.70. The van der Waals surface area contributed by atoms with Crippen LogP contribution in [0.25, 0.3) is 0 Å². The summed E-state index contributed by atoms with van der Waals surface area (Å²) >= 11 is 3.49. The summed E-state index contributed by atoms with van der Waals surface area (Å²) in [4.78, 5) is 12.4. The van der Waals surface area contributed by atoms with E-state index in [0.29, 0.717) is 22.6 Å². The van der Waals surface area contributed by atoms with Gasteiger partial charge in [-0.05, 0) is 37.5 Å². The first-order valence-corrected chi connectivity index (χ1v) is 7.00. The van der Waals surface area contributed by atoms with E-state index in [1.54, 1.807) is 0 Å². The predicted molar refractivity (Wildman–Crippen MR) is 65.0 cm³/mol. The third-order valence-corrected chi connectivity index (χ3v) is 4.37. The minimum Gasteiger partial charge on any atom is -0.356 e. The molecular formula is C12H20BrNO. The smallest absolute Gasteiger partial charge is 0.223 e. The highest BCUT2D eigenvalue weighted by Gasteiger charge is 2.42. The summed E-state index contributed by atoms with van der Waals surface area (Å²) in [5.41, 5.74) is 0. The summed E-state index contributed by atoms with van der Waals surface area (Å²) in [6.45, 7) is 2.93. The van der Waals surface area contributed by atoms with Gasteiger partial charge in [-0.2, -0.15) is 0 Å². The Bertz CT molecular complexity index is 242. The van der Waals surface area contributed by atoms with Crippen LogP contribution in [0, 0.1) is 17.8 Å². The Morgan fingerprint density at radius 3 is 2.80 bits per heavy atom. The van der Waals surface area contributed by atoms with Crippen LogP contribution in [0.15, 0.2) is 0 Å². The van der Waals surface area contributed by atoms with Crippen molar-refractivity contribution in [2.24, 2.45) is 17.8 Å². The van der Waals surface area contributed by atoms with E-state index in [-0.39, 0.29) is 0 Å². The van der Waals surface area contributed by atoms with Crippen LogP contribution in [0.2, 0.25) is 0 Å². The normalized spacial score (nSPS) is 35.5. The van der Waals surface area contributed by atoms with Crippen LogP contribution in [-0.2, 0) is 4.79 Å². The second-order valence-corrected chi connectivity index (χ2v) is 6.70. The van der Waals surface area contributed by atoms with Crippen molar-refractivity contribution < 1.29 is 4.79 Å². The Hall–Kier alpha value is -0.0500. The van der Waals surface area contributed by atoms with Gasteiger partial charge in [0.1, 0.15) is 0 Å². The lowest BCUT2D eigenvalue weighted by molar-refractivity contribution is -0.126. The maximum absolute atomic E-state index is 11.9. The molecule has 2 aliphatic carbocycles. The summed E-state index contributed by atoms with van der Waals surface area (Å²) in [7, 11) is 0. The van der Waals surface area contributed by atoms with Gasteiger partial charge in [0.25, 0.3) is 0 Å². The van der Waals surface area contributed by atoms with Gasteiger partial charge in [0.15, 0.2) is 0 Å². The molecule has 0 saturated heterocycles. The number of hydrogen-bond donors (Lipinski definition) is 1. The minimum atomic E-state index is 0.315. The molecule has 86 valence electrons. The molecule has 4 atom stereocenters. The molecule has 2 bridgehead atoms. The Morgan fingerprint density at radius 1 is 1.47 bits per heavy atom. The summed E-state index contributed by atoms with van der Waals surface area (Å²) < 4.78 is 0. The highest BCUT2D eigenvalue weighted by molar-refractivity contribution is 9.09. The summed E-state index contributed by atoms with van der Waals surface area (Å²) in [6, 6.07) is 0. The van der Waals surface area contributed by atoms with Crippen molar-refractivity contribution in [3.8, 4) is 0 Å². The molecule has 0 radical (unpaired) electrons. The van der Waals surface area contributed by atoms with Crippen molar-refractivity contribution in [2.75, 3.05) is 6.54 Å². The van der Waals surface area contributed by atoms with Crippen molar-refractivity contribution in [2.45, 2.75) is 43.9 Å². The molecule has 1 N–H and O–H groups in total. The second kappa shape index (κ2) is 4.86. The summed E-state index contributed by atoms with van der Waals surface area (Å²) in [5.74, 6) is 2.22. The third kappa shape index (κ3) is 2.74. The van der Waals surface area contributed by atoms with Gasteiger partial charge in [-0.15, -0.1) is 0 Å². The molecule has 2 saturated carbocycles. The van der Waals surface area contributed by atoms with E-state index in [4.69, 9.17) is 0 Å². The van der Waals surface area contributed by atoms with Crippen molar-refractivity contribution in [3.63, 3.8) is 0 Å². The fourth-order valence-corrected chi connectivity index (χ4v) is 3.32. The van der Waals surface area contributed by atoms with Gasteiger partial charge in [0, 0.05) is 17.3 Å². The van der Waals surface area contributed by atoms with Crippen LogP contribution < -0.4 is 5.32 Å². The number of hydrogen-bond acceptors (Lipinski definition) is 1. The molecule has 0 heterocycles. The van der Waals surface area contributed by atoms with E-state index >= 15 is 0 Å². The number of halogens is 1. The van der Waals surface area contributed by atoms with Crippen LogP contribution in [0.4, 0.5) is 0 Å². The molecular weight excluding hydrogens is 254 g/mol. The molecule has 0 aliphatic heterocycles. The SMILES string of the molecule is CC(Br)CCNC(=O)C1CC2CCC1C2. The van der Waals surface area contributed by atoms with Gasteiger partial charge in [-0.1, -0.05) is 29.3 Å². The highest BCUT2D eigenvalue weighted by Crippen LogP contribution is 2.48. The van der Waals surface area contributed by atoms with E-state index in [9.17, 15) is 4.79 Å². The van der Waals surface area contributed by atoms with Crippen molar-refractivity contribution in [1.82, 2.24) is 5.32 Å². The van der Waals surface area contributed by atoms with Crippen molar-refractivity contribution >= 4 is 21.8 Å². The fourth-order valence-electron chi connectivity index (χ4n) is 3.09. The summed E-state index contributed by atoms with van der Waals surface area (Å²) in [6.07, 6.45) is 6.14. The lowest BCUT2D eigenvalue weighted by atomic mass is 9.88. The third-order valence-electron chi connectivity index (χ3n) is 3.92. The molecule has 0 aromatic carbocycles. The standard InChI is InChI=1S/C12H20BrNO/c1-8(13)4-5-14-12(15)11-7-9-2-3-10(11)6-9/h8-11H,2-7H2,1H3,(H,14,15). The van der Waals surface area contributed by atoms with Gasteiger partial charge in [0.05, 0.1) is 0 Å². The predicted octanol–water partition coefficient (Wildman–Crippen LogP) is 2.71. The quantitative estimate of drug-likeness (QED) is 0.785. The molecule has 2 rings (SSSR count). The highest BCUT2D eigenvalue weighted by atomic mass is 79.9. The average Bonchev–Trinajstić information content (AvgIpc) is 2.77. The molecule has 2 nitrogen and oxygen atoms in total. The van der Waals surface area contributed by atoms with Crippen LogP contribution in [-0.4, -0.2) is 17.3 Å². The van der Waals surface area contributed by atoms with E-state index < -0.39 is 0 Å². The van der Waals surface area contributed by atoms with Gasteiger partial charge >= 0.3 is 0 Å². The number of rotatable bonds is 4. The van der Waals surface area contributed by atoms with Crippen LogP contribution >= 0.6 is 15.9 Å².